The number of nitrogens with zero attached hydrogens (tertiary/aromatic N) is 2. The van der Waals surface area contributed by atoms with Crippen LogP contribution in [0.15, 0.2) is 58.6 Å². The van der Waals surface area contributed by atoms with Gasteiger partial charge in [-0.15, -0.1) is 0 Å². The van der Waals surface area contributed by atoms with Gasteiger partial charge in [-0.25, -0.2) is 4.98 Å². The summed E-state index contributed by atoms with van der Waals surface area (Å²) >= 11 is 1.35. The highest BCUT2D eigenvalue weighted by molar-refractivity contribution is 8.03. The summed E-state index contributed by atoms with van der Waals surface area (Å²) in [5.74, 6) is 0. The number of aryl methyl sites for hydroxylation is 1. The molecular weight excluding hydrogens is 316 g/mol. The number of nitriles is 1. The average Bonchev–Trinajstić information content (AvgIpc) is 3.14. The number of allylic oxidation sites excluding steroid dienone is 1. The summed E-state index contributed by atoms with van der Waals surface area (Å²) in [6, 6.07) is 18.2. The molecule has 0 radical (unpaired) electrons. The molecule has 2 heterocycles. The minimum atomic E-state index is 0.599. The maximum atomic E-state index is 9.53. The van der Waals surface area contributed by atoms with E-state index < -0.39 is 0 Å². The van der Waals surface area contributed by atoms with Crippen molar-refractivity contribution in [3.05, 3.63) is 64.7 Å². The molecule has 5 heteroatoms. The molecule has 2 N–H and O–H groups in total. The highest BCUT2D eigenvalue weighted by Crippen LogP contribution is 2.30. The summed E-state index contributed by atoms with van der Waals surface area (Å²) in [5.41, 5.74) is 5.05. The zero-order valence-electron chi connectivity index (χ0n) is 13.0. The Bertz CT molecular complexity index is 1080. The molecule has 4 aromatic rings. The van der Waals surface area contributed by atoms with Crippen LogP contribution in [0.1, 0.15) is 11.3 Å². The van der Waals surface area contributed by atoms with Gasteiger partial charge in [-0.2, -0.15) is 5.26 Å². The second-order valence-corrected chi connectivity index (χ2v) is 6.52. The van der Waals surface area contributed by atoms with E-state index in [0.717, 1.165) is 38.4 Å². The molecule has 2 aromatic heterocycles. The number of thioether (sulfide) groups is 1. The smallest absolute Gasteiger partial charge is 0.171 e. The minimum absolute atomic E-state index is 0.599. The number of hydrogen-bond donors (Lipinski definition) is 2. The van der Waals surface area contributed by atoms with Crippen LogP contribution in [0.25, 0.3) is 28.0 Å². The van der Waals surface area contributed by atoms with Crippen LogP contribution in [0.4, 0.5) is 0 Å². The van der Waals surface area contributed by atoms with Crippen LogP contribution >= 0.6 is 11.8 Å². The molecule has 2 aromatic carbocycles. The zero-order chi connectivity index (χ0) is 16.5. The van der Waals surface area contributed by atoms with Crippen molar-refractivity contribution in [1.82, 2.24) is 15.0 Å². The molecule has 4 rings (SSSR count). The number of benzene rings is 2. The van der Waals surface area contributed by atoms with Crippen molar-refractivity contribution in [3.63, 3.8) is 0 Å². The molecule has 24 heavy (non-hydrogen) atoms. The largest absolute Gasteiger partial charge is 0.358 e. The molecule has 0 amide bonds. The van der Waals surface area contributed by atoms with Crippen molar-refractivity contribution in [2.75, 3.05) is 0 Å². The van der Waals surface area contributed by atoms with E-state index in [9.17, 15) is 5.26 Å². The van der Waals surface area contributed by atoms with Crippen molar-refractivity contribution in [3.8, 4) is 6.07 Å². The van der Waals surface area contributed by atoms with E-state index >= 15 is 0 Å². The SMILES string of the molecule is Cc1[nH]c2ccccc2c1/C=C(\C#N)Sc1nc2ccccc2[nH]1. The minimum Gasteiger partial charge on any atom is -0.358 e. The number of para-hydroxylation sites is 3. The van der Waals surface area contributed by atoms with Gasteiger partial charge >= 0.3 is 0 Å². The van der Waals surface area contributed by atoms with Crippen molar-refractivity contribution in [2.24, 2.45) is 0 Å². The third kappa shape index (κ3) is 2.57. The number of imidazole rings is 1. The standard InChI is InChI=1S/C19H14N4S/c1-12-15(14-6-2-3-7-16(14)21-12)10-13(11-20)24-19-22-17-8-4-5-9-18(17)23-19/h2-10,21H,1H3,(H,22,23)/b13-10+. The van der Waals surface area contributed by atoms with Crippen LogP contribution in [-0.2, 0) is 0 Å². The Morgan fingerprint density at radius 3 is 2.62 bits per heavy atom. The number of rotatable bonds is 3. The Labute approximate surface area is 143 Å². The highest BCUT2D eigenvalue weighted by atomic mass is 32.2. The van der Waals surface area contributed by atoms with Gasteiger partial charge < -0.3 is 9.97 Å². The van der Waals surface area contributed by atoms with Crippen LogP contribution in [0.3, 0.4) is 0 Å². The van der Waals surface area contributed by atoms with Gasteiger partial charge in [-0.1, -0.05) is 30.3 Å². The van der Waals surface area contributed by atoms with E-state index in [1.54, 1.807) is 0 Å². The van der Waals surface area contributed by atoms with Crippen LogP contribution in [-0.4, -0.2) is 15.0 Å². The molecule has 0 saturated carbocycles. The van der Waals surface area contributed by atoms with Gasteiger partial charge in [0.25, 0.3) is 0 Å². The van der Waals surface area contributed by atoms with Gasteiger partial charge in [0.1, 0.15) is 6.07 Å². The zero-order valence-corrected chi connectivity index (χ0v) is 13.8. The second-order valence-electron chi connectivity index (χ2n) is 5.49. The highest BCUT2D eigenvalue weighted by Gasteiger charge is 2.10. The van der Waals surface area contributed by atoms with E-state index in [2.05, 4.69) is 27.1 Å². The van der Waals surface area contributed by atoms with Crippen LogP contribution in [0.2, 0.25) is 0 Å². The normalized spacial score (nSPS) is 11.9. The van der Waals surface area contributed by atoms with Crippen molar-refractivity contribution in [2.45, 2.75) is 12.1 Å². The lowest BCUT2D eigenvalue weighted by Crippen LogP contribution is -1.80. The van der Waals surface area contributed by atoms with E-state index in [0.29, 0.717) is 4.91 Å². The first-order chi connectivity index (χ1) is 11.7. The Hall–Kier alpha value is -2.97. The molecule has 0 unspecified atom stereocenters. The van der Waals surface area contributed by atoms with Gasteiger partial charge in [0.15, 0.2) is 5.16 Å². The Morgan fingerprint density at radius 1 is 1.08 bits per heavy atom. The van der Waals surface area contributed by atoms with Crippen LogP contribution < -0.4 is 0 Å². The lowest BCUT2D eigenvalue weighted by Gasteiger charge is -1.97. The fourth-order valence-corrected chi connectivity index (χ4v) is 3.52. The van der Waals surface area contributed by atoms with Crippen molar-refractivity contribution in [1.29, 1.82) is 5.26 Å². The summed E-state index contributed by atoms with van der Waals surface area (Å²) in [7, 11) is 0. The monoisotopic (exact) mass is 330 g/mol. The molecular formula is C19H14N4S. The Balaban J connectivity index is 1.73. The maximum Gasteiger partial charge on any atom is 0.171 e. The van der Waals surface area contributed by atoms with Crippen molar-refractivity contribution >= 4 is 39.8 Å². The lowest BCUT2D eigenvalue weighted by atomic mass is 10.1. The second kappa shape index (κ2) is 5.91. The number of nitrogens with one attached hydrogen (secondary N) is 2. The lowest BCUT2D eigenvalue weighted by molar-refractivity contribution is 1.09. The predicted molar refractivity (Wildman–Crippen MR) is 98.6 cm³/mol. The molecule has 4 nitrogen and oxygen atoms in total. The number of hydrogen-bond acceptors (Lipinski definition) is 3. The molecule has 0 aliphatic carbocycles. The van der Waals surface area contributed by atoms with Crippen LogP contribution in [0, 0.1) is 18.3 Å². The molecule has 0 spiro atoms. The number of fused-ring (bicyclic) bond motifs is 2. The number of aromatic amines is 2. The maximum absolute atomic E-state index is 9.53. The molecule has 0 saturated heterocycles. The van der Waals surface area contributed by atoms with Crippen molar-refractivity contribution < 1.29 is 0 Å². The summed E-state index contributed by atoms with van der Waals surface area (Å²) in [5, 5.41) is 11.4. The van der Waals surface area contributed by atoms with Gasteiger partial charge in [0, 0.05) is 22.2 Å². The first-order valence-electron chi connectivity index (χ1n) is 7.56. The van der Waals surface area contributed by atoms with E-state index in [4.69, 9.17) is 0 Å². The topological polar surface area (TPSA) is 68.3 Å². The predicted octanol–water partition coefficient (Wildman–Crippen LogP) is 5.01. The molecule has 0 bridgehead atoms. The quantitative estimate of drug-likeness (QED) is 0.410. The summed E-state index contributed by atoms with van der Waals surface area (Å²) in [4.78, 5) is 11.7. The number of aromatic nitrogens is 3. The molecule has 0 fully saturated rings. The third-order valence-corrected chi connectivity index (χ3v) is 4.72. The Kier molecular flexibility index (Phi) is 3.60. The molecule has 0 atom stereocenters. The molecule has 0 aliphatic rings. The van der Waals surface area contributed by atoms with Crippen LogP contribution in [0.5, 0.6) is 0 Å². The van der Waals surface area contributed by atoms with E-state index in [1.807, 2.05) is 55.5 Å². The van der Waals surface area contributed by atoms with Gasteiger partial charge in [0.2, 0.25) is 0 Å². The molecule has 0 aliphatic heterocycles. The fraction of sp³-hybridized carbons (Fsp3) is 0.0526. The first-order valence-corrected chi connectivity index (χ1v) is 8.38. The summed E-state index contributed by atoms with van der Waals surface area (Å²) in [6.07, 6.45) is 1.92. The average molecular weight is 330 g/mol. The molecule has 116 valence electrons. The summed E-state index contributed by atoms with van der Waals surface area (Å²) < 4.78 is 0. The number of H-pyrrole nitrogens is 2. The third-order valence-electron chi connectivity index (χ3n) is 3.90. The first kappa shape index (κ1) is 14.6. The van der Waals surface area contributed by atoms with E-state index in [-0.39, 0.29) is 0 Å². The summed E-state index contributed by atoms with van der Waals surface area (Å²) in [6.45, 7) is 2.02. The Morgan fingerprint density at radius 2 is 1.83 bits per heavy atom. The fourth-order valence-electron chi connectivity index (χ4n) is 2.78. The van der Waals surface area contributed by atoms with Gasteiger partial charge in [-0.3, -0.25) is 0 Å². The van der Waals surface area contributed by atoms with Gasteiger partial charge in [0.05, 0.1) is 15.9 Å². The van der Waals surface area contributed by atoms with Gasteiger partial charge in [-0.05, 0) is 43.0 Å². The van der Waals surface area contributed by atoms with E-state index in [1.165, 1.54) is 11.8 Å².